The zero-order valence-corrected chi connectivity index (χ0v) is 8.09. The zero-order valence-electron chi connectivity index (χ0n) is 8.09. The van der Waals surface area contributed by atoms with E-state index < -0.39 is 24.0 Å². The van der Waals surface area contributed by atoms with Crippen LogP contribution in [0, 0.1) is 5.82 Å². The zero-order chi connectivity index (χ0) is 12.3. The highest BCUT2D eigenvalue weighted by atomic mass is 19.4. The monoisotopic (exact) mass is 238 g/mol. The molecule has 0 aliphatic carbocycles. The largest absolute Gasteiger partial charge is 0.573 e. The fourth-order valence-corrected chi connectivity index (χ4v) is 1.09. The number of hydrogen-bond donors (Lipinski definition) is 2. The van der Waals surface area contributed by atoms with Crippen LogP contribution in [-0.4, -0.2) is 12.9 Å². The van der Waals surface area contributed by atoms with E-state index in [9.17, 15) is 17.6 Å². The van der Waals surface area contributed by atoms with E-state index >= 15 is 0 Å². The van der Waals surface area contributed by atoms with Crippen LogP contribution in [0.4, 0.5) is 17.6 Å². The van der Waals surface area contributed by atoms with Gasteiger partial charge in [0.25, 0.3) is 0 Å². The van der Waals surface area contributed by atoms with Crippen LogP contribution in [0.15, 0.2) is 18.2 Å². The normalized spacial score (nSPS) is 13.6. The molecule has 0 saturated heterocycles. The van der Waals surface area contributed by atoms with Gasteiger partial charge in [-0.15, -0.1) is 13.2 Å². The quantitative estimate of drug-likeness (QED) is 0.787. The predicted octanol–water partition coefficient (Wildman–Crippen LogP) is 1.68. The first-order chi connectivity index (χ1) is 7.33. The molecule has 0 aromatic heterocycles. The molecule has 7 heteroatoms. The van der Waals surface area contributed by atoms with Crippen molar-refractivity contribution < 1.29 is 22.3 Å². The Labute approximate surface area is 89.0 Å². The molecule has 0 fully saturated rings. The van der Waals surface area contributed by atoms with Crippen LogP contribution in [-0.2, 0) is 0 Å². The van der Waals surface area contributed by atoms with E-state index in [2.05, 4.69) is 4.74 Å². The maximum atomic E-state index is 13.2. The molecule has 1 aromatic carbocycles. The van der Waals surface area contributed by atoms with Gasteiger partial charge < -0.3 is 16.2 Å². The number of nitrogens with two attached hydrogens (primary N) is 2. The second-order valence-corrected chi connectivity index (χ2v) is 3.08. The van der Waals surface area contributed by atoms with Crippen LogP contribution >= 0.6 is 0 Å². The summed E-state index contributed by atoms with van der Waals surface area (Å²) < 4.78 is 52.0. The van der Waals surface area contributed by atoms with Crippen LogP contribution in [0.5, 0.6) is 5.75 Å². The van der Waals surface area contributed by atoms with Crippen molar-refractivity contribution in [1.82, 2.24) is 0 Å². The molecule has 4 N–H and O–H groups in total. The van der Waals surface area contributed by atoms with Crippen LogP contribution in [0.3, 0.4) is 0 Å². The minimum Gasteiger partial charge on any atom is -0.403 e. The number of hydrogen-bond acceptors (Lipinski definition) is 3. The predicted molar refractivity (Wildman–Crippen MR) is 49.1 cm³/mol. The average Bonchev–Trinajstić information content (AvgIpc) is 2.18. The second-order valence-electron chi connectivity index (χ2n) is 3.08. The van der Waals surface area contributed by atoms with Gasteiger partial charge in [-0.05, 0) is 17.7 Å². The molecule has 0 aliphatic heterocycles. The molecular weight excluding hydrogens is 228 g/mol. The average molecular weight is 238 g/mol. The van der Waals surface area contributed by atoms with Crippen molar-refractivity contribution in [2.45, 2.75) is 12.4 Å². The van der Waals surface area contributed by atoms with Crippen LogP contribution in [0.2, 0.25) is 0 Å². The fraction of sp³-hybridized carbons (Fsp3) is 0.333. The summed E-state index contributed by atoms with van der Waals surface area (Å²) >= 11 is 0. The van der Waals surface area contributed by atoms with E-state index in [0.29, 0.717) is 5.56 Å². The Bertz CT molecular complexity index is 367. The molecule has 0 radical (unpaired) electrons. The van der Waals surface area contributed by atoms with E-state index in [-0.39, 0.29) is 6.54 Å². The third kappa shape index (κ3) is 3.35. The number of benzene rings is 1. The van der Waals surface area contributed by atoms with Gasteiger partial charge in [0.15, 0.2) is 11.6 Å². The Morgan fingerprint density at radius 2 is 1.94 bits per heavy atom. The number of alkyl halides is 3. The lowest BCUT2D eigenvalue weighted by molar-refractivity contribution is -0.275. The molecule has 1 aromatic rings. The number of halogens is 4. The summed E-state index contributed by atoms with van der Waals surface area (Å²) in [5.74, 6) is -2.01. The first-order valence-corrected chi connectivity index (χ1v) is 4.34. The molecule has 3 nitrogen and oxygen atoms in total. The fourth-order valence-electron chi connectivity index (χ4n) is 1.09. The van der Waals surface area contributed by atoms with Gasteiger partial charge in [0.05, 0.1) is 0 Å². The Balaban J connectivity index is 2.92. The molecule has 1 atom stereocenters. The first-order valence-electron chi connectivity index (χ1n) is 4.34. The summed E-state index contributed by atoms with van der Waals surface area (Å²) in [7, 11) is 0. The molecule has 0 aliphatic rings. The molecule has 0 bridgehead atoms. The summed E-state index contributed by atoms with van der Waals surface area (Å²) in [6.45, 7) is 0.0684. The Hall–Kier alpha value is -1.34. The highest BCUT2D eigenvalue weighted by Crippen LogP contribution is 2.27. The van der Waals surface area contributed by atoms with Crippen molar-refractivity contribution in [2.75, 3.05) is 6.54 Å². The molecule has 1 rings (SSSR count). The standard InChI is InChI=1S/C9H10F4N2O/c10-6-3-5(7(15)4-14)1-2-8(6)16-9(11,12)13/h1-3,7H,4,14-15H2/t7-/m1/s1. The molecule has 0 spiro atoms. The maximum absolute atomic E-state index is 13.2. The molecular formula is C9H10F4N2O. The summed E-state index contributed by atoms with van der Waals surface area (Å²) in [5.41, 5.74) is 11.0. The lowest BCUT2D eigenvalue weighted by Gasteiger charge is -2.12. The van der Waals surface area contributed by atoms with Gasteiger partial charge in [-0.25, -0.2) is 4.39 Å². The molecule has 0 saturated carbocycles. The molecule has 0 amide bonds. The van der Waals surface area contributed by atoms with Gasteiger partial charge in [0.1, 0.15) is 0 Å². The summed E-state index contributed by atoms with van der Waals surface area (Å²) in [4.78, 5) is 0. The van der Waals surface area contributed by atoms with Crippen LogP contribution in [0.25, 0.3) is 0 Å². The lowest BCUT2D eigenvalue weighted by Crippen LogP contribution is -2.21. The molecule has 16 heavy (non-hydrogen) atoms. The highest BCUT2D eigenvalue weighted by molar-refractivity contribution is 5.31. The van der Waals surface area contributed by atoms with Crippen molar-refractivity contribution in [3.8, 4) is 5.75 Å². The molecule has 90 valence electrons. The maximum Gasteiger partial charge on any atom is 0.573 e. The Morgan fingerprint density at radius 3 is 2.38 bits per heavy atom. The Kier molecular flexibility index (Phi) is 3.71. The van der Waals surface area contributed by atoms with Crippen molar-refractivity contribution in [3.63, 3.8) is 0 Å². The minimum atomic E-state index is -4.92. The van der Waals surface area contributed by atoms with Gasteiger partial charge >= 0.3 is 6.36 Å². The van der Waals surface area contributed by atoms with Gasteiger partial charge in [0.2, 0.25) is 0 Å². The van der Waals surface area contributed by atoms with E-state index in [1.807, 2.05) is 0 Å². The van der Waals surface area contributed by atoms with Gasteiger partial charge in [-0.1, -0.05) is 6.07 Å². The summed E-state index contributed by atoms with van der Waals surface area (Å²) in [6.07, 6.45) is -4.92. The second kappa shape index (κ2) is 4.67. The topological polar surface area (TPSA) is 61.3 Å². The van der Waals surface area contributed by atoms with Gasteiger partial charge in [0, 0.05) is 12.6 Å². The van der Waals surface area contributed by atoms with E-state index in [1.165, 1.54) is 6.07 Å². The first kappa shape index (κ1) is 12.7. The minimum absolute atomic E-state index is 0.0684. The van der Waals surface area contributed by atoms with Crippen LogP contribution < -0.4 is 16.2 Å². The third-order valence-electron chi connectivity index (χ3n) is 1.86. The van der Waals surface area contributed by atoms with Crippen LogP contribution in [0.1, 0.15) is 11.6 Å². The molecule has 0 heterocycles. The number of ether oxygens (including phenoxy) is 1. The van der Waals surface area contributed by atoms with Gasteiger partial charge in [-0.2, -0.15) is 0 Å². The van der Waals surface area contributed by atoms with E-state index in [0.717, 1.165) is 12.1 Å². The van der Waals surface area contributed by atoms with Crippen molar-refractivity contribution in [3.05, 3.63) is 29.6 Å². The number of rotatable bonds is 3. The molecule has 0 unspecified atom stereocenters. The summed E-state index contributed by atoms with van der Waals surface area (Å²) in [5, 5.41) is 0. The van der Waals surface area contributed by atoms with E-state index in [4.69, 9.17) is 11.5 Å². The van der Waals surface area contributed by atoms with E-state index in [1.54, 1.807) is 0 Å². The van der Waals surface area contributed by atoms with Gasteiger partial charge in [-0.3, -0.25) is 0 Å². The van der Waals surface area contributed by atoms with Crippen molar-refractivity contribution >= 4 is 0 Å². The SMILES string of the molecule is NC[C@@H](N)c1ccc(OC(F)(F)F)c(F)c1. The third-order valence-corrected chi connectivity index (χ3v) is 1.86. The lowest BCUT2D eigenvalue weighted by atomic mass is 10.1. The van der Waals surface area contributed by atoms with Crippen molar-refractivity contribution in [1.29, 1.82) is 0 Å². The smallest absolute Gasteiger partial charge is 0.403 e. The highest BCUT2D eigenvalue weighted by Gasteiger charge is 2.32. The Morgan fingerprint density at radius 1 is 1.31 bits per heavy atom. The summed E-state index contributed by atoms with van der Waals surface area (Å²) in [6, 6.07) is 2.36. The van der Waals surface area contributed by atoms with Crippen molar-refractivity contribution in [2.24, 2.45) is 11.5 Å².